The molecule has 21 heavy (non-hydrogen) atoms. The van der Waals surface area contributed by atoms with E-state index in [1.807, 2.05) is 29.7 Å². The van der Waals surface area contributed by atoms with E-state index < -0.39 is 0 Å². The normalized spacial score (nSPS) is 15.7. The Bertz CT molecular complexity index is 713. The van der Waals surface area contributed by atoms with Crippen molar-refractivity contribution in [1.29, 1.82) is 0 Å². The molecule has 1 saturated heterocycles. The number of carbonyl (C=O) groups excluding carboxylic acids is 2. The fourth-order valence-corrected chi connectivity index (χ4v) is 2.99. The maximum absolute atomic E-state index is 12.8. The number of imidazole rings is 1. The van der Waals surface area contributed by atoms with Crippen molar-refractivity contribution in [2.24, 2.45) is 0 Å². The lowest BCUT2D eigenvalue weighted by Crippen LogP contribution is -2.39. The number of Topliss-reactive ketones (excluding diaryl/α,β-unsaturated/α-hetero) is 1. The van der Waals surface area contributed by atoms with Crippen LogP contribution in [-0.4, -0.2) is 39.1 Å². The second-order valence-corrected chi connectivity index (χ2v) is 6.08. The number of ketones is 1. The molecule has 0 aliphatic carbocycles. The van der Waals surface area contributed by atoms with Crippen LogP contribution in [0.25, 0.3) is 5.65 Å². The minimum absolute atomic E-state index is 0.0371. The van der Waals surface area contributed by atoms with E-state index >= 15 is 0 Å². The lowest BCUT2D eigenvalue weighted by Gasteiger charge is -2.26. The molecular weight excluding hydrogens is 334 g/mol. The molecule has 0 radical (unpaired) electrons. The molecule has 6 heteroatoms. The van der Waals surface area contributed by atoms with Gasteiger partial charge in [0, 0.05) is 36.6 Å². The van der Waals surface area contributed by atoms with Gasteiger partial charge in [0.05, 0.1) is 5.69 Å². The van der Waals surface area contributed by atoms with Crippen molar-refractivity contribution in [2.75, 3.05) is 13.1 Å². The van der Waals surface area contributed by atoms with Gasteiger partial charge < -0.3 is 4.90 Å². The molecule has 5 nitrogen and oxygen atoms in total. The first kappa shape index (κ1) is 14.3. The highest BCUT2D eigenvalue weighted by molar-refractivity contribution is 9.10. The molecule has 1 fully saturated rings. The number of hydrogen-bond donors (Lipinski definition) is 0. The third kappa shape index (κ3) is 2.60. The van der Waals surface area contributed by atoms with Gasteiger partial charge in [-0.15, -0.1) is 0 Å². The molecule has 3 heterocycles. The molecule has 0 unspecified atom stereocenters. The van der Waals surface area contributed by atoms with E-state index in [1.54, 1.807) is 4.90 Å². The second kappa shape index (κ2) is 5.60. The highest BCUT2D eigenvalue weighted by Crippen LogP contribution is 2.20. The first-order valence-electron chi connectivity index (χ1n) is 7.07. The maximum Gasteiger partial charge on any atom is 0.272 e. The Kier molecular flexibility index (Phi) is 3.80. The van der Waals surface area contributed by atoms with Crippen molar-refractivity contribution >= 4 is 33.3 Å². The van der Waals surface area contributed by atoms with Crippen LogP contribution in [0.2, 0.25) is 0 Å². The maximum atomic E-state index is 12.8. The van der Waals surface area contributed by atoms with Gasteiger partial charge in [-0.25, -0.2) is 4.98 Å². The van der Waals surface area contributed by atoms with Crippen LogP contribution in [0.3, 0.4) is 0 Å². The van der Waals surface area contributed by atoms with Gasteiger partial charge in [0.15, 0.2) is 0 Å². The first-order chi connectivity index (χ1) is 10.1. The third-order valence-corrected chi connectivity index (χ3v) is 4.27. The Morgan fingerprint density at radius 2 is 2.05 bits per heavy atom. The highest BCUT2D eigenvalue weighted by Gasteiger charge is 2.26. The van der Waals surface area contributed by atoms with Crippen LogP contribution < -0.4 is 0 Å². The predicted molar refractivity (Wildman–Crippen MR) is 82.4 cm³/mol. The molecule has 2 aromatic rings. The number of aryl methyl sites for hydroxylation is 1. The summed E-state index contributed by atoms with van der Waals surface area (Å²) in [6, 6.07) is 3.80. The van der Waals surface area contributed by atoms with E-state index in [0.717, 1.165) is 15.8 Å². The number of hydrogen-bond acceptors (Lipinski definition) is 3. The molecule has 0 N–H and O–H groups in total. The molecule has 3 rings (SSSR count). The predicted octanol–water partition coefficient (Wildman–Crippen LogP) is 2.46. The fourth-order valence-electron chi connectivity index (χ4n) is 2.65. The summed E-state index contributed by atoms with van der Waals surface area (Å²) in [6.45, 7) is 3.00. The van der Waals surface area contributed by atoms with Crippen LogP contribution in [0, 0.1) is 0 Å². The van der Waals surface area contributed by atoms with Crippen molar-refractivity contribution < 1.29 is 9.59 Å². The number of fused-ring (bicyclic) bond motifs is 1. The van der Waals surface area contributed by atoms with Crippen LogP contribution >= 0.6 is 15.9 Å². The minimum atomic E-state index is -0.0371. The van der Waals surface area contributed by atoms with Crippen molar-refractivity contribution in [3.8, 4) is 0 Å². The molecule has 0 spiro atoms. The summed E-state index contributed by atoms with van der Waals surface area (Å²) in [5.74, 6) is 0.195. The molecule has 2 aromatic heterocycles. The topological polar surface area (TPSA) is 54.7 Å². The number of pyridine rings is 1. The summed E-state index contributed by atoms with van der Waals surface area (Å²) in [6.07, 6.45) is 3.47. The summed E-state index contributed by atoms with van der Waals surface area (Å²) in [5.41, 5.74) is 2.18. The fraction of sp³-hybridized carbons (Fsp3) is 0.400. The van der Waals surface area contributed by atoms with E-state index in [2.05, 4.69) is 20.9 Å². The SMILES string of the molecule is CCc1nc2ccc(Br)cn2c1C(=O)N1CCC(=O)CC1. The summed E-state index contributed by atoms with van der Waals surface area (Å²) in [7, 11) is 0. The van der Waals surface area contributed by atoms with E-state index in [9.17, 15) is 9.59 Å². The van der Waals surface area contributed by atoms with E-state index in [-0.39, 0.29) is 11.7 Å². The summed E-state index contributed by atoms with van der Waals surface area (Å²) < 4.78 is 2.74. The molecule has 0 aromatic carbocycles. The Morgan fingerprint density at radius 3 is 2.71 bits per heavy atom. The Labute approximate surface area is 131 Å². The van der Waals surface area contributed by atoms with Crippen LogP contribution in [0.15, 0.2) is 22.8 Å². The average Bonchev–Trinajstić information content (AvgIpc) is 2.85. The van der Waals surface area contributed by atoms with Crippen molar-refractivity contribution in [3.63, 3.8) is 0 Å². The lowest BCUT2D eigenvalue weighted by molar-refractivity contribution is -0.120. The van der Waals surface area contributed by atoms with Crippen LogP contribution in [0.1, 0.15) is 35.9 Å². The van der Waals surface area contributed by atoms with Crippen molar-refractivity contribution in [2.45, 2.75) is 26.2 Å². The monoisotopic (exact) mass is 349 g/mol. The van der Waals surface area contributed by atoms with E-state index in [0.29, 0.717) is 38.0 Å². The zero-order chi connectivity index (χ0) is 15.0. The Balaban J connectivity index is 2.03. The van der Waals surface area contributed by atoms with Gasteiger partial charge in [0.1, 0.15) is 17.1 Å². The number of nitrogens with zero attached hydrogens (tertiary/aromatic N) is 3. The summed E-state index contributed by atoms with van der Waals surface area (Å²) in [4.78, 5) is 30.4. The van der Waals surface area contributed by atoms with Gasteiger partial charge in [-0.3, -0.25) is 14.0 Å². The van der Waals surface area contributed by atoms with Gasteiger partial charge >= 0.3 is 0 Å². The van der Waals surface area contributed by atoms with E-state index in [4.69, 9.17) is 0 Å². The number of aromatic nitrogens is 2. The first-order valence-corrected chi connectivity index (χ1v) is 7.87. The average molecular weight is 350 g/mol. The second-order valence-electron chi connectivity index (χ2n) is 5.17. The molecule has 0 bridgehead atoms. The van der Waals surface area contributed by atoms with Crippen LogP contribution in [0.4, 0.5) is 0 Å². The third-order valence-electron chi connectivity index (χ3n) is 3.80. The number of piperidine rings is 1. The molecule has 0 atom stereocenters. The molecule has 1 aliphatic rings. The number of amides is 1. The molecule has 110 valence electrons. The van der Waals surface area contributed by atoms with Crippen molar-refractivity contribution in [1.82, 2.24) is 14.3 Å². The minimum Gasteiger partial charge on any atom is -0.336 e. The van der Waals surface area contributed by atoms with Gasteiger partial charge in [-0.05, 0) is 34.5 Å². The molecule has 0 saturated carbocycles. The van der Waals surface area contributed by atoms with Gasteiger partial charge in [-0.2, -0.15) is 0 Å². The van der Waals surface area contributed by atoms with Crippen LogP contribution in [-0.2, 0) is 11.2 Å². The number of halogens is 1. The largest absolute Gasteiger partial charge is 0.336 e. The molecule has 1 amide bonds. The highest BCUT2D eigenvalue weighted by atomic mass is 79.9. The zero-order valence-corrected chi connectivity index (χ0v) is 13.4. The quantitative estimate of drug-likeness (QED) is 0.836. The number of carbonyl (C=O) groups is 2. The lowest BCUT2D eigenvalue weighted by atomic mass is 10.1. The summed E-state index contributed by atoms with van der Waals surface area (Å²) >= 11 is 3.43. The van der Waals surface area contributed by atoms with Crippen LogP contribution in [0.5, 0.6) is 0 Å². The molecular formula is C15H16BrN3O2. The molecule has 1 aliphatic heterocycles. The smallest absolute Gasteiger partial charge is 0.272 e. The van der Waals surface area contributed by atoms with E-state index in [1.165, 1.54) is 0 Å². The zero-order valence-electron chi connectivity index (χ0n) is 11.8. The standard InChI is InChI=1S/C15H16BrN3O2/c1-2-12-14(15(21)18-7-5-11(20)6-8-18)19-9-10(16)3-4-13(19)17-12/h3-4,9H,2,5-8H2,1H3. The van der Waals surface area contributed by atoms with Crippen molar-refractivity contribution in [3.05, 3.63) is 34.2 Å². The number of rotatable bonds is 2. The summed E-state index contributed by atoms with van der Waals surface area (Å²) in [5, 5.41) is 0. The van der Waals surface area contributed by atoms with Gasteiger partial charge in [0.25, 0.3) is 5.91 Å². The Hall–Kier alpha value is -1.69. The van der Waals surface area contributed by atoms with Gasteiger partial charge in [0.2, 0.25) is 0 Å². The number of likely N-dealkylation sites (tertiary alicyclic amines) is 1. The van der Waals surface area contributed by atoms with Gasteiger partial charge in [-0.1, -0.05) is 6.92 Å². The Morgan fingerprint density at radius 1 is 1.33 bits per heavy atom.